The van der Waals surface area contributed by atoms with Crippen LogP contribution in [0.5, 0.6) is 0 Å². The van der Waals surface area contributed by atoms with E-state index in [4.69, 9.17) is 11.6 Å². The first-order valence-corrected chi connectivity index (χ1v) is 7.04. The molecule has 15 heavy (non-hydrogen) atoms. The summed E-state index contributed by atoms with van der Waals surface area (Å²) in [4.78, 5) is 11.5. The molecular weight excluding hydrogens is 296 g/mol. The van der Waals surface area contributed by atoms with Crippen LogP contribution in [-0.2, 0) is 11.2 Å². The van der Waals surface area contributed by atoms with Crippen LogP contribution in [0.3, 0.4) is 0 Å². The summed E-state index contributed by atoms with van der Waals surface area (Å²) in [7, 11) is 0. The second-order valence-electron chi connectivity index (χ2n) is 3.62. The fourth-order valence-corrected chi connectivity index (χ4v) is 3.40. The second-order valence-corrected chi connectivity index (χ2v) is 5.94. The third kappa shape index (κ3) is 2.77. The molecule has 1 atom stereocenters. The van der Waals surface area contributed by atoms with Crippen molar-refractivity contribution in [1.29, 1.82) is 0 Å². The number of rotatable bonds is 2. The molecule has 1 heterocycles. The van der Waals surface area contributed by atoms with E-state index < -0.39 is 0 Å². The zero-order valence-corrected chi connectivity index (χ0v) is 11.2. The Morgan fingerprint density at radius 3 is 3.00 bits per heavy atom. The summed E-state index contributed by atoms with van der Waals surface area (Å²) in [6.45, 7) is 0. The smallest absolute Gasteiger partial charge is 0.146 e. The Balaban J connectivity index is 2.16. The molecule has 1 fully saturated rings. The van der Waals surface area contributed by atoms with Crippen molar-refractivity contribution >= 4 is 45.1 Å². The molecule has 0 aliphatic carbocycles. The van der Waals surface area contributed by atoms with E-state index in [0.717, 1.165) is 27.2 Å². The van der Waals surface area contributed by atoms with Gasteiger partial charge in [-0.2, -0.15) is 11.8 Å². The molecule has 0 aromatic heterocycles. The van der Waals surface area contributed by atoms with E-state index in [-0.39, 0.29) is 5.92 Å². The number of benzene rings is 1. The van der Waals surface area contributed by atoms with Gasteiger partial charge < -0.3 is 0 Å². The highest BCUT2D eigenvalue weighted by Crippen LogP contribution is 2.28. The first-order valence-electron chi connectivity index (χ1n) is 4.71. The third-order valence-electron chi connectivity index (χ3n) is 2.49. The van der Waals surface area contributed by atoms with Gasteiger partial charge in [0.05, 0.1) is 5.75 Å². The minimum atomic E-state index is 0.171. The van der Waals surface area contributed by atoms with E-state index in [0.29, 0.717) is 11.5 Å². The van der Waals surface area contributed by atoms with Gasteiger partial charge >= 0.3 is 0 Å². The molecular formula is C11H10BrClOS. The van der Waals surface area contributed by atoms with Gasteiger partial charge in [-0.3, -0.25) is 4.79 Å². The molecule has 2 rings (SSSR count). The maximum absolute atomic E-state index is 11.5. The molecule has 1 aliphatic rings. The lowest BCUT2D eigenvalue weighted by atomic mass is 9.98. The maximum Gasteiger partial charge on any atom is 0.146 e. The lowest BCUT2D eigenvalue weighted by Crippen LogP contribution is -2.14. The molecule has 1 saturated heterocycles. The average Bonchev–Trinajstić information content (AvgIpc) is 2.58. The van der Waals surface area contributed by atoms with Gasteiger partial charge in [0.1, 0.15) is 5.78 Å². The van der Waals surface area contributed by atoms with E-state index in [1.54, 1.807) is 11.8 Å². The van der Waals surface area contributed by atoms with Gasteiger partial charge in [-0.05, 0) is 30.2 Å². The number of carbonyl (C=O) groups excluding carboxylic acids is 1. The van der Waals surface area contributed by atoms with Crippen molar-refractivity contribution in [2.75, 3.05) is 11.5 Å². The molecule has 80 valence electrons. The number of halogens is 2. The number of hydrogen-bond acceptors (Lipinski definition) is 2. The van der Waals surface area contributed by atoms with Gasteiger partial charge in [-0.25, -0.2) is 0 Å². The molecule has 1 aromatic rings. The Labute approximate surface area is 107 Å². The summed E-state index contributed by atoms with van der Waals surface area (Å²) in [6.07, 6.45) is 0.799. The van der Waals surface area contributed by atoms with Crippen LogP contribution in [0.2, 0.25) is 5.02 Å². The summed E-state index contributed by atoms with van der Waals surface area (Å²) in [5.41, 5.74) is 1.13. The highest BCUT2D eigenvalue weighted by Gasteiger charge is 2.25. The van der Waals surface area contributed by atoms with Gasteiger partial charge in [-0.1, -0.05) is 27.5 Å². The average molecular weight is 306 g/mol. The highest BCUT2D eigenvalue weighted by molar-refractivity contribution is 9.10. The molecule has 0 bridgehead atoms. The molecule has 0 amide bonds. The molecule has 1 aliphatic heterocycles. The van der Waals surface area contributed by atoms with Crippen molar-refractivity contribution in [3.05, 3.63) is 33.3 Å². The van der Waals surface area contributed by atoms with Gasteiger partial charge in [0.15, 0.2) is 0 Å². The van der Waals surface area contributed by atoms with Crippen molar-refractivity contribution in [3.63, 3.8) is 0 Å². The largest absolute Gasteiger partial charge is 0.298 e. The van der Waals surface area contributed by atoms with Gasteiger partial charge in [0, 0.05) is 21.2 Å². The Hall–Kier alpha value is 0.01000. The zero-order valence-electron chi connectivity index (χ0n) is 8.00. The SMILES string of the molecule is O=C1CSCC1Cc1cc(Cl)ccc1Br. The predicted octanol–water partition coefficient (Wildman–Crippen LogP) is 3.58. The summed E-state index contributed by atoms with van der Waals surface area (Å²) in [5.74, 6) is 2.15. The van der Waals surface area contributed by atoms with E-state index >= 15 is 0 Å². The van der Waals surface area contributed by atoms with Crippen LogP contribution in [0.4, 0.5) is 0 Å². The number of Topliss-reactive ketones (excluding diaryl/α,β-unsaturated/α-hetero) is 1. The van der Waals surface area contributed by atoms with Crippen LogP contribution in [0.25, 0.3) is 0 Å². The minimum Gasteiger partial charge on any atom is -0.298 e. The van der Waals surface area contributed by atoms with Crippen LogP contribution >= 0.6 is 39.3 Å². The summed E-state index contributed by atoms with van der Waals surface area (Å²) < 4.78 is 1.04. The Bertz CT molecular complexity index is 394. The maximum atomic E-state index is 11.5. The van der Waals surface area contributed by atoms with E-state index in [2.05, 4.69) is 15.9 Å². The molecule has 1 unspecified atom stereocenters. The van der Waals surface area contributed by atoms with E-state index in [1.165, 1.54) is 0 Å². The minimum absolute atomic E-state index is 0.171. The van der Waals surface area contributed by atoms with Crippen LogP contribution < -0.4 is 0 Å². The summed E-state index contributed by atoms with van der Waals surface area (Å²) in [5, 5.41) is 0.728. The number of carbonyl (C=O) groups is 1. The fraction of sp³-hybridized carbons (Fsp3) is 0.364. The molecule has 1 aromatic carbocycles. The van der Waals surface area contributed by atoms with Crippen molar-refractivity contribution in [1.82, 2.24) is 0 Å². The van der Waals surface area contributed by atoms with Gasteiger partial charge in [0.25, 0.3) is 0 Å². The standard InChI is InChI=1S/C11H10BrClOS/c12-10-2-1-9(13)4-7(10)3-8-5-15-6-11(8)14/h1-2,4,8H,3,5-6H2. The van der Waals surface area contributed by atoms with Crippen molar-refractivity contribution in [2.24, 2.45) is 5.92 Å². The molecule has 1 nitrogen and oxygen atoms in total. The quantitative estimate of drug-likeness (QED) is 0.831. The lowest BCUT2D eigenvalue weighted by Gasteiger charge is -2.09. The van der Waals surface area contributed by atoms with Gasteiger partial charge in [-0.15, -0.1) is 0 Å². The van der Waals surface area contributed by atoms with E-state index in [9.17, 15) is 4.79 Å². The third-order valence-corrected chi connectivity index (χ3v) is 4.63. The number of ketones is 1. The Morgan fingerprint density at radius 2 is 2.33 bits per heavy atom. The predicted molar refractivity (Wildman–Crippen MR) is 68.7 cm³/mol. The van der Waals surface area contributed by atoms with Gasteiger partial charge in [0.2, 0.25) is 0 Å². The molecule has 0 spiro atoms. The number of thioether (sulfide) groups is 1. The normalized spacial score (nSPS) is 20.9. The van der Waals surface area contributed by atoms with Crippen LogP contribution in [0.15, 0.2) is 22.7 Å². The summed E-state index contributed by atoms with van der Waals surface area (Å²) >= 11 is 11.1. The van der Waals surface area contributed by atoms with Crippen molar-refractivity contribution in [2.45, 2.75) is 6.42 Å². The molecule has 0 N–H and O–H groups in total. The fourth-order valence-electron chi connectivity index (χ4n) is 1.65. The monoisotopic (exact) mass is 304 g/mol. The van der Waals surface area contributed by atoms with Crippen LogP contribution in [-0.4, -0.2) is 17.3 Å². The Morgan fingerprint density at radius 1 is 1.53 bits per heavy atom. The van der Waals surface area contributed by atoms with Crippen molar-refractivity contribution in [3.8, 4) is 0 Å². The molecule has 0 radical (unpaired) electrons. The Kier molecular flexibility index (Phi) is 3.75. The first-order chi connectivity index (χ1) is 7.16. The topological polar surface area (TPSA) is 17.1 Å². The first kappa shape index (κ1) is 11.5. The van der Waals surface area contributed by atoms with Crippen LogP contribution in [0.1, 0.15) is 5.56 Å². The molecule has 0 saturated carbocycles. The highest BCUT2D eigenvalue weighted by atomic mass is 79.9. The lowest BCUT2D eigenvalue weighted by molar-refractivity contribution is -0.119. The number of hydrogen-bond donors (Lipinski definition) is 0. The van der Waals surface area contributed by atoms with Crippen LogP contribution in [0, 0.1) is 5.92 Å². The second kappa shape index (κ2) is 4.89. The molecule has 4 heteroatoms. The van der Waals surface area contributed by atoms with E-state index in [1.807, 2.05) is 18.2 Å². The van der Waals surface area contributed by atoms with Crippen molar-refractivity contribution < 1.29 is 4.79 Å². The zero-order chi connectivity index (χ0) is 10.8. The summed E-state index contributed by atoms with van der Waals surface area (Å²) in [6, 6.07) is 5.71.